The third-order valence-electron chi connectivity index (χ3n) is 4.30. The molecule has 0 aromatic rings. The van der Waals surface area contributed by atoms with Crippen molar-refractivity contribution >= 4 is 5.90 Å². The number of ether oxygens (including phenoxy) is 1. The molecule has 1 aliphatic heterocycles. The molecular formula is C20H37NO. The molecule has 0 saturated carbocycles. The Morgan fingerprint density at radius 3 is 2.00 bits per heavy atom. The molecular weight excluding hydrogens is 270 g/mol. The Bertz CT molecular complexity index is 296. The molecule has 0 N–H and O–H groups in total. The van der Waals surface area contributed by atoms with Crippen LogP contribution in [0.4, 0.5) is 0 Å². The van der Waals surface area contributed by atoms with E-state index in [1.54, 1.807) is 0 Å². The Balaban J connectivity index is 1.72. The Labute approximate surface area is 138 Å². The molecule has 0 saturated heterocycles. The monoisotopic (exact) mass is 307 g/mol. The highest BCUT2D eigenvalue weighted by Crippen LogP contribution is 2.11. The van der Waals surface area contributed by atoms with Gasteiger partial charge >= 0.3 is 0 Å². The number of unbranched alkanes of at least 4 members (excludes halogenated alkanes) is 11. The van der Waals surface area contributed by atoms with Crippen LogP contribution < -0.4 is 0 Å². The van der Waals surface area contributed by atoms with Gasteiger partial charge in [-0.15, -0.1) is 0 Å². The first-order valence-corrected chi connectivity index (χ1v) is 9.74. The molecule has 0 radical (unpaired) electrons. The fourth-order valence-electron chi connectivity index (χ4n) is 2.88. The van der Waals surface area contributed by atoms with Crippen LogP contribution in [0.25, 0.3) is 0 Å². The van der Waals surface area contributed by atoms with Gasteiger partial charge in [-0.25, -0.2) is 0 Å². The van der Waals surface area contributed by atoms with Crippen molar-refractivity contribution in [2.45, 2.75) is 96.8 Å². The first-order valence-electron chi connectivity index (χ1n) is 9.74. The number of hydrogen-bond donors (Lipinski definition) is 0. The summed E-state index contributed by atoms with van der Waals surface area (Å²) in [5.41, 5.74) is 0. The summed E-state index contributed by atoms with van der Waals surface area (Å²) in [6.45, 7) is 3.96. The molecule has 128 valence electrons. The van der Waals surface area contributed by atoms with Crippen molar-refractivity contribution in [2.75, 3.05) is 13.2 Å². The molecule has 0 fully saturated rings. The Morgan fingerprint density at radius 2 is 1.41 bits per heavy atom. The van der Waals surface area contributed by atoms with Crippen LogP contribution in [0.1, 0.15) is 96.8 Å². The highest BCUT2D eigenvalue weighted by atomic mass is 16.5. The first kappa shape index (κ1) is 19.3. The third-order valence-corrected chi connectivity index (χ3v) is 4.30. The highest BCUT2D eigenvalue weighted by Gasteiger charge is 2.05. The zero-order valence-corrected chi connectivity index (χ0v) is 14.8. The van der Waals surface area contributed by atoms with E-state index in [2.05, 4.69) is 24.1 Å². The van der Waals surface area contributed by atoms with Crippen LogP contribution in [-0.4, -0.2) is 19.0 Å². The van der Waals surface area contributed by atoms with E-state index < -0.39 is 0 Å². The summed E-state index contributed by atoms with van der Waals surface area (Å²) in [7, 11) is 0. The van der Waals surface area contributed by atoms with Gasteiger partial charge in [-0.2, -0.15) is 0 Å². The van der Waals surface area contributed by atoms with Crippen LogP contribution in [0.2, 0.25) is 0 Å². The summed E-state index contributed by atoms with van der Waals surface area (Å²) in [6.07, 6.45) is 23.5. The van der Waals surface area contributed by atoms with Gasteiger partial charge in [0.15, 0.2) is 5.90 Å². The molecule has 0 spiro atoms. The van der Waals surface area contributed by atoms with E-state index in [1.165, 1.54) is 83.5 Å². The third kappa shape index (κ3) is 11.8. The highest BCUT2D eigenvalue weighted by molar-refractivity contribution is 5.77. The van der Waals surface area contributed by atoms with E-state index in [-0.39, 0.29) is 0 Å². The van der Waals surface area contributed by atoms with Crippen molar-refractivity contribution in [3.05, 3.63) is 12.2 Å². The van der Waals surface area contributed by atoms with E-state index in [4.69, 9.17) is 4.74 Å². The lowest BCUT2D eigenvalue weighted by Crippen LogP contribution is -1.98. The summed E-state index contributed by atoms with van der Waals surface area (Å²) in [4.78, 5) is 4.32. The molecule has 0 unspecified atom stereocenters. The lowest BCUT2D eigenvalue weighted by atomic mass is 10.1. The largest absolute Gasteiger partial charge is 0.479 e. The van der Waals surface area contributed by atoms with Crippen molar-refractivity contribution in [1.29, 1.82) is 0 Å². The summed E-state index contributed by atoms with van der Waals surface area (Å²) >= 11 is 0. The van der Waals surface area contributed by atoms with Gasteiger partial charge in [-0.05, 0) is 32.1 Å². The van der Waals surface area contributed by atoms with Crippen LogP contribution in [0.15, 0.2) is 17.1 Å². The number of nitrogens with zero attached hydrogens (tertiary/aromatic N) is 1. The Hall–Kier alpha value is -0.790. The van der Waals surface area contributed by atoms with Crippen molar-refractivity contribution in [3.8, 4) is 0 Å². The van der Waals surface area contributed by atoms with Gasteiger partial charge in [0, 0.05) is 6.42 Å². The minimum absolute atomic E-state index is 0.806. The van der Waals surface area contributed by atoms with Gasteiger partial charge in [0.1, 0.15) is 6.61 Å². The standard InChI is InChI=1S/C20H37NO/c1-2-3-4-5-6-7-8-9-10-11-12-13-14-15-16-17-20-21-18-19-22-20/h9-10H,2-8,11-19H2,1H3/b10-9+. The van der Waals surface area contributed by atoms with E-state index in [0.29, 0.717) is 0 Å². The summed E-state index contributed by atoms with van der Waals surface area (Å²) in [6, 6.07) is 0. The fraction of sp³-hybridized carbons (Fsp3) is 0.850. The topological polar surface area (TPSA) is 21.6 Å². The van der Waals surface area contributed by atoms with E-state index in [9.17, 15) is 0 Å². The Morgan fingerprint density at radius 1 is 0.818 bits per heavy atom. The molecule has 0 aliphatic carbocycles. The van der Waals surface area contributed by atoms with Gasteiger partial charge in [0.2, 0.25) is 0 Å². The quantitative estimate of drug-likeness (QED) is 0.251. The van der Waals surface area contributed by atoms with Crippen LogP contribution in [-0.2, 0) is 4.74 Å². The molecule has 0 bridgehead atoms. The van der Waals surface area contributed by atoms with Crippen LogP contribution in [0.5, 0.6) is 0 Å². The predicted octanol–water partition coefficient (Wildman–Crippen LogP) is 6.45. The number of rotatable bonds is 15. The average molecular weight is 308 g/mol. The van der Waals surface area contributed by atoms with Gasteiger partial charge in [-0.3, -0.25) is 4.99 Å². The number of hydrogen-bond acceptors (Lipinski definition) is 2. The second kappa shape index (κ2) is 15.1. The molecule has 0 aromatic heterocycles. The zero-order valence-electron chi connectivity index (χ0n) is 14.8. The second-order valence-electron chi connectivity index (χ2n) is 6.46. The first-order chi connectivity index (χ1) is 10.9. The molecule has 1 heterocycles. The maximum absolute atomic E-state index is 5.41. The van der Waals surface area contributed by atoms with Crippen LogP contribution in [0, 0.1) is 0 Å². The molecule has 2 nitrogen and oxygen atoms in total. The maximum atomic E-state index is 5.41. The summed E-state index contributed by atoms with van der Waals surface area (Å²) in [5, 5.41) is 0. The fourth-order valence-corrected chi connectivity index (χ4v) is 2.88. The van der Waals surface area contributed by atoms with Gasteiger partial charge < -0.3 is 4.74 Å². The average Bonchev–Trinajstić information content (AvgIpc) is 3.04. The molecule has 0 aromatic carbocycles. The lowest BCUT2D eigenvalue weighted by molar-refractivity contribution is 0.336. The van der Waals surface area contributed by atoms with Crippen LogP contribution in [0.3, 0.4) is 0 Å². The van der Waals surface area contributed by atoms with Crippen LogP contribution >= 0.6 is 0 Å². The zero-order chi connectivity index (χ0) is 15.7. The number of allylic oxidation sites excluding steroid dienone is 2. The van der Waals surface area contributed by atoms with Gasteiger partial charge in [-0.1, -0.05) is 70.4 Å². The van der Waals surface area contributed by atoms with E-state index in [1.807, 2.05) is 0 Å². The van der Waals surface area contributed by atoms with Gasteiger partial charge in [0.25, 0.3) is 0 Å². The maximum Gasteiger partial charge on any atom is 0.183 e. The van der Waals surface area contributed by atoms with E-state index in [0.717, 1.165) is 25.5 Å². The predicted molar refractivity (Wildman–Crippen MR) is 97.7 cm³/mol. The molecule has 22 heavy (non-hydrogen) atoms. The minimum Gasteiger partial charge on any atom is -0.479 e. The van der Waals surface area contributed by atoms with E-state index >= 15 is 0 Å². The SMILES string of the molecule is CCCCCCCC/C=C/CCCCCCCC1=NCCO1. The second-order valence-corrected chi connectivity index (χ2v) is 6.46. The van der Waals surface area contributed by atoms with Crippen molar-refractivity contribution in [3.63, 3.8) is 0 Å². The van der Waals surface area contributed by atoms with Crippen molar-refractivity contribution in [1.82, 2.24) is 0 Å². The number of aliphatic imine (C=N–C) groups is 1. The minimum atomic E-state index is 0.806. The molecule has 0 atom stereocenters. The molecule has 0 amide bonds. The summed E-state index contributed by atoms with van der Waals surface area (Å²) < 4.78 is 5.41. The lowest BCUT2D eigenvalue weighted by Gasteiger charge is -2.01. The summed E-state index contributed by atoms with van der Waals surface area (Å²) in [5.74, 6) is 0.998. The molecule has 2 heteroatoms. The van der Waals surface area contributed by atoms with Crippen molar-refractivity contribution < 1.29 is 4.74 Å². The molecule has 1 rings (SSSR count). The molecule has 1 aliphatic rings. The van der Waals surface area contributed by atoms with Crippen molar-refractivity contribution in [2.24, 2.45) is 4.99 Å². The smallest absolute Gasteiger partial charge is 0.183 e. The van der Waals surface area contributed by atoms with Gasteiger partial charge in [0.05, 0.1) is 6.54 Å². The normalized spacial score (nSPS) is 14.5. The Kier molecular flexibility index (Phi) is 13.2.